The molecule has 174 valence electrons. The summed E-state index contributed by atoms with van der Waals surface area (Å²) in [5, 5.41) is 2.47. The molecule has 0 fully saturated rings. The van der Waals surface area contributed by atoms with Gasteiger partial charge in [0.15, 0.2) is 4.77 Å². The lowest BCUT2D eigenvalue weighted by atomic mass is 10.1. The third-order valence-electron chi connectivity index (χ3n) is 5.07. The van der Waals surface area contributed by atoms with Crippen molar-refractivity contribution in [1.29, 1.82) is 0 Å². The van der Waals surface area contributed by atoms with Gasteiger partial charge in [-0.15, -0.1) is 0 Å². The summed E-state index contributed by atoms with van der Waals surface area (Å²) in [6.07, 6.45) is -4.79. The molecule has 34 heavy (non-hydrogen) atoms. The standard InChI is InChI=1S/C23H14F5N3O2S/c24-14-7-5-13(16(10-14)23(26,27)28)11-29-20(32)12-6-8-15-18(9-12)30-22(34)31(21(15)33)19-4-2-1-3-17(19)25/h1-10H,11H2,(H,29,32)(H,30,34). The highest BCUT2D eigenvalue weighted by Crippen LogP contribution is 2.32. The van der Waals surface area contributed by atoms with Crippen molar-refractivity contribution in [2.24, 2.45) is 0 Å². The smallest absolute Gasteiger partial charge is 0.348 e. The molecule has 1 heterocycles. The SMILES string of the molecule is O=C(NCc1ccc(F)cc1C(F)(F)F)c1ccc2c(=O)n(-c3ccccc3F)c(=S)[nH]c2c1. The molecule has 4 aromatic rings. The molecule has 11 heteroatoms. The van der Waals surface area contributed by atoms with Gasteiger partial charge in [0.25, 0.3) is 11.5 Å². The van der Waals surface area contributed by atoms with Crippen LogP contribution in [0, 0.1) is 16.4 Å². The Hall–Kier alpha value is -3.86. The molecule has 2 N–H and O–H groups in total. The number of para-hydroxylation sites is 1. The summed E-state index contributed by atoms with van der Waals surface area (Å²) in [4.78, 5) is 28.2. The number of alkyl halides is 3. The molecule has 0 atom stereocenters. The first kappa shape index (κ1) is 23.3. The quantitative estimate of drug-likeness (QED) is 0.302. The van der Waals surface area contributed by atoms with Gasteiger partial charge in [0.2, 0.25) is 0 Å². The Kier molecular flexibility index (Phi) is 6.05. The van der Waals surface area contributed by atoms with Gasteiger partial charge >= 0.3 is 6.18 Å². The number of carbonyl (C=O) groups excluding carboxylic acids is 1. The van der Waals surface area contributed by atoms with Crippen molar-refractivity contribution in [2.45, 2.75) is 12.7 Å². The van der Waals surface area contributed by atoms with E-state index in [1.807, 2.05) is 0 Å². The number of nitrogens with zero attached hydrogens (tertiary/aromatic N) is 1. The van der Waals surface area contributed by atoms with Crippen molar-refractivity contribution in [2.75, 3.05) is 0 Å². The second kappa shape index (κ2) is 8.82. The largest absolute Gasteiger partial charge is 0.416 e. The van der Waals surface area contributed by atoms with Crippen LogP contribution in [0.1, 0.15) is 21.5 Å². The number of carbonyl (C=O) groups is 1. The van der Waals surface area contributed by atoms with Gasteiger partial charge in [-0.25, -0.2) is 13.3 Å². The lowest BCUT2D eigenvalue weighted by molar-refractivity contribution is -0.138. The molecule has 5 nitrogen and oxygen atoms in total. The lowest BCUT2D eigenvalue weighted by Gasteiger charge is -2.14. The van der Waals surface area contributed by atoms with Gasteiger partial charge in [0, 0.05) is 12.1 Å². The van der Waals surface area contributed by atoms with Crippen molar-refractivity contribution in [3.05, 3.63) is 104 Å². The molecular weight excluding hydrogens is 477 g/mol. The molecule has 1 amide bonds. The minimum atomic E-state index is -4.79. The molecule has 4 rings (SSSR count). The van der Waals surface area contributed by atoms with E-state index in [1.165, 1.54) is 36.4 Å². The highest BCUT2D eigenvalue weighted by molar-refractivity contribution is 7.71. The first-order chi connectivity index (χ1) is 16.1. The maximum atomic E-state index is 14.2. The van der Waals surface area contributed by atoms with Crippen LogP contribution in [-0.2, 0) is 12.7 Å². The molecule has 0 unspecified atom stereocenters. The van der Waals surface area contributed by atoms with E-state index in [0.29, 0.717) is 6.07 Å². The molecule has 0 radical (unpaired) electrons. The minimum Gasteiger partial charge on any atom is -0.348 e. The Bertz CT molecular complexity index is 1540. The highest BCUT2D eigenvalue weighted by Gasteiger charge is 2.33. The molecule has 3 aromatic carbocycles. The minimum absolute atomic E-state index is 0.0388. The van der Waals surface area contributed by atoms with Crippen molar-refractivity contribution in [3.8, 4) is 5.69 Å². The number of rotatable bonds is 4. The van der Waals surface area contributed by atoms with E-state index in [2.05, 4.69) is 10.3 Å². The average molecular weight is 491 g/mol. The van der Waals surface area contributed by atoms with Crippen molar-refractivity contribution in [3.63, 3.8) is 0 Å². The van der Waals surface area contributed by atoms with E-state index in [0.717, 1.165) is 16.7 Å². The second-order valence-electron chi connectivity index (χ2n) is 7.26. The monoisotopic (exact) mass is 491 g/mol. The summed E-state index contributed by atoms with van der Waals surface area (Å²) >= 11 is 5.20. The zero-order valence-corrected chi connectivity index (χ0v) is 17.9. The Morgan fingerprint density at radius 3 is 2.47 bits per heavy atom. The van der Waals surface area contributed by atoms with Crippen molar-refractivity contribution >= 4 is 29.0 Å². The number of aromatic nitrogens is 2. The third kappa shape index (κ3) is 4.46. The average Bonchev–Trinajstić information content (AvgIpc) is 2.78. The van der Waals surface area contributed by atoms with Crippen LogP contribution in [0.4, 0.5) is 22.0 Å². The number of hydrogen-bond donors (Lipinski definition) is 2. The van der Waals surface area contributed by atoms with Gasteiger partial charge in [-0.05, 0) is 60.2 Å². The maximum absolute atomic E-state index is 14.2. The Labute approximate surface area is 193 Å². The van der Waals surface area contributed by atoms with E-state index in [1.54, 1.807) is 6.07 Å². The predicted octanol–water partition coefficient (Wildman–Crippen LogP) is 5.28. The summed E-state index contributed by atoms with van der Waals surface area (Å²) in [6, 6.07) is 11.7. The van der Waals surface area contributed by atoms with Gasteiger partial charge in [0.05, 0.1) is 22.2 Å². The summed E-state index contributed by atoms with van der Waals surface area (Å²) < 4.78 is 67.8. The first-order valence-corrected chi connectivity index (χ1v) is 10.1. The summed E-state index contributed by atoms with van der Waals surface area (Å²) in [6.45, 7) is -0.503. The molecular formula is C23H14F5N3O2S. The van der Waals surface area contributed by atoms with Crippen LogP contribution in [0.15, 0.2) is 65.5 Å². The van der Waals surface area contributed by atoms with E-state index < -0.39 is 41.4 Å². The topological polar surface area (TPSA) is 66.9 Å². The van der Waals surface area contributed by atoms with Gasteiger partial charge in [-0.3, -0.25) is 9.59 Å². The fraction of sp³-hybridized carbons (Fsp3) is 0.0870. The third-order valence-corrected chi connectivity index (χ3v) is 5.35. The Morgan fingerprint density at radius 1 is 1.03 bits per heavy atom. The molecule has 0 saturated heterocycles. The zero-order valence-electron chi connectivity index (χ0n) is 17.0. The normalized spacial score (nSPS) is 11.6. The van der Waals surface area contributed by atoms with Gasteiger partial charge < -0.3 is 10.3 Å². The first-order valence-electron chi connectivity index (χ1n) is 9.74. The number of aromatic amines is 1. The summed E-state index contributed by atoms with van der Waals surface area (Å²) in [5.41, 5.74) is -1.93. The molecule has 0 aliphatic heterocycles. The van der Waals surface area contributed by atoms with E-state index >= 15 is 0 Å². The van der Waals surface area contributed by atoms with Gasteiger partial charge in [-0.1, -0.05) is 18.2 Å². The van der Waals surface area contributed by atoms with Gasteiger partial charge in [-0.2, -0.15) is 13.2 Å². The molecule has 0 saturated carbocycles. The highest BCUT2D eigenvalue weighted by atomic mass is 32.1. The lowest BCUT2D eigenvalue weighted by Crippen LogP contribution is -2.25. The Morgan fingerprint density at radius 2 is 1.76 bits per heavy atom. The number of fused-ring (bicyclic) bond motifs is 1. The zero-order chi connectivity index (χ0) is 24.6. The van der Waals surface area contributed by atoms with Gasteiger partial charge in [0.1, 0.15) is 11.6 Å². The maximum Gasteiger partial charge on any atom is 0.416 e. The fourth-order valence-corrected chi connectivity index (χ4v) is 3.75. The summed E-state index contributed by atoms with van der Waals surface area (Å²) in [7, 11) is 0. The number of hydrogen-bond acceptors (Lipinski definition) is 3. The van der Waals surface area contributed by atoms with E-state index in [9.17, 15) is 31.5 Å². The van der Waals surface area contributed by atoms with Crippen LogP contribution in [0.3, 0.4) is 0 Å². The number of benzene rings is 3. The Balaban J connectivity index is 1.65. The van der Waals surface area contributed by atoms with Crippen LogP contribution in [-0.4, -0.2) is 15.5 Å². The van der Waals surface area contributed by atoms with Crippen LogP contribution < -0.4 is 10.9 Å². The van der Waals surface area contributed by atoms with Crippen molar-refractivity contribution < 1.29 is 26.7 Å². The predicted molar refractivity (Wildman–Crippen MR) is 117 cm³/mol. The van der Waals surface area contributed by atoms with Crippen LogP contribution in [0.25, 0.3) is 16.6 Å². The number of halogens is 5. The number of amides is 1. The van der Waals surface area contributed by atoms with Crippen LogP contribution in [0.2, 0.25) is 0 Å². The summed E-state index contributed by atoms with van der Waals surface area (Å²) in [5.74, 6) is -2.43. The molecule has 0 aliphatic carbocycles. The van der Waals surface area contributed by atoms with Crippen LogP contribution >= 0.6 is 12.2 Å². The molecule has 1 aromatic heterocycles. The fourth-order valence-electron chi connectivity index (χ4n) is 3.46. The van der Waals surface area contributed by atoms with E-state index in [4.69, 9.17) is 12.2 Å². The van der Waals surface area contributed by atoms with Crippen molar-refractivity contribution in [1.82, 2.24) is 14.9 Å². The second-order valence-corrected chi connectivity index (χ2v) is 7.65. The molecule has 0 aliphatic rings. The number of H-pyrrole nitrogens is 1. The molecule has 0 bridgehead atoms. The number of nitrogens with one attached hydrogen (secondary N) is 2. The van der Waals surface area contributed by atoms with E-state index in [-0.39, 0.29) is 32.5 Å². The van der Waals surface area contributed by atoms with Crippen LogP contribution in [0.5, 0.6) is 0 Å². The molecule has 0 spiro atoms.